The van der Waals surface area contributed by atoms with Crippen molar-refractivity contribution >= 4 is 6.09 Å². The summed E-state index contributed by atoms with van der Waals surface area (Å²) < 4.78 is 10.5. The molecule has 2 unspecified atom stereocenters. The lowest BCUT2D eigenvalue weighted by molar-refractivity contribution is 0.0526. The van der Waals surface area contributed by atoms with Gasteiger partial charge >= 0.3 is 6.09 Å². The Morgan fingerprint density at radius 3 is 2.74 bits per heavy atom. The first-order valence-electron chi connectivity index (χ1n) is 8.75. The van der Waals surface area contributed by atoms with E-state index in [1.807, 2.05) is 20.8 Å². The molecule has 1 aliphatic rings. The highest BCUT2D eigenvalue weighted by atomic mass is 16.6. The Bertz CT molecular complexity index is 364. The number of alkyl carbamates (subject to hydrolysis) is 1. The number of nitrogens with one attached hydrogen (secondary N) is 2. The first-order valence-corrected chi connectivity index (χ1v) is 8.75. The summed E-state index contributed by atoms with van der Waals surface area (Å²) in [5.41, 5.74) is -0.446. The van der Waals surface area contributed by atoms with Crippen LogP contribution in [0.1, 0.15) is 52.9 Å². The van der Waals surface area contributed by atoms with Gasteiger partial charge in [-0.15, -0.1) is 0 Å². The Hall–Kier alpha value is -1.07. The first-order chi connectivity index (χ1) is 10.9. The summed E-state index contributed by atoms with van der Waals surface area (Å²) in [6, 6.07) is 0.339. The number of carbonyl (C=O) groups is 1. The topological polar surface area (TPSA) is 59.6 Å². The third-order valence-corrected chi connectivity index (χ3v) is 3.84. The average molecular weight is 326 g/mol. The van der Waals surface area contributed by atoms with Crippen molar-refractivity contribution in [3.8, 4) is 0 Å². The number of rotatable bonds is 9. The van der Waals surface area contributed by atoms with Crippen LogP contribution in [-0.4, -0.2) is 44.5 Å². The van der Waals surface area contributed by atoms with Gasteiger partial charge in [0, 0.05) is 19.7 Å². The van der Waals surface area contributed by atoms with Gasteiger partial charge in [0.15, 0.2) is 0 Å². The summed E-state index contributed by atoms with van der Waals surface area (Å²) in [6.07, 6.45) is 9.73. The summed E-state index contributed by atoms with van der Waals surface area (Å²) in [7, 11) is 1.73. The fourth-order valence-electron chi connectivity index (χ4n) is 2.67. The third kappa shape index (κ3) is 10.3. The van der Waals surface area contributed by atoms with Gasteiger partial charge in [0.1, 0.15) is 5.60 Å². The maximum Gasteiger partial charge on any atom is 0.407 e. The number of amides is 1. The second-order valence-corrected chi connectivity index (χ2v) is 7.28. The highest BCUT2D eigenvalue weighted by Gasteiger charge is 2.16. The molecule has 1 rings (SSSR count). The highest BCUT2D eigenvalue weighted by Crippen LogP contribution is 2.17. The summed E-state index contributed by atoms with van der Waals surface area (Å²) in [4.78, 5) is 11.6. The zero-order chi connectivity index (χ0) is 17.1. The van der Waals surface area contributed by atoms with Crippen molar-refractivity contribution in [2.24, 2.45) is 5.92 Å². The minimum atomic E-state index is -0.446. The van der Waals surface area contributed by atoms with Gasteiger partial charge < -0.3 is 20.1 Å². The van der Waals surface area contributed by atoms with Crippen LogP contribution in [0, 0.1) is 5.92 Å². The monoisotopic (exact) mass is 326 g/mol. The second-order valence-electron chi connectivity index (χ2n) is 7.28. The predicted octanol–water partition coefficient (Wildman–Crippen LogP) is 3.25. The highest BCUT2D eigenvalue weighted by molar-refractivity contribution is 5.67. The van der Waals surface area contributed by atoms with Gasteiger partial charge in [-0.1, -0.05) is 12.2 Å². The largest absolute Gasteiger partial charge is 0.444 e. The van der Waals surface area contributed by atoms with Crippen LogP contribution in [0.15, 0.2) is 12.2 Å². The molecule has 1 aliphatic carbocycles. The molecule has 0 saturated carbocycles. The fraction of sp³-hybridized carbons (Fsp3) is 0.833. The SMILES string of the molecule is COCC(CCCNC(=O)OC(C)(C)C)NCC1CC=CCC1. The number of hydrogen-bond donors (Lipinski definition) is 2. The van der Waals surface area contributed by atoms with E-state index >= 15 is 0 Å². The first kappa shape index (κ1) is 20.0. The molecule has 5 heteroatoms. The lowest BCUT2D eigenvalue weighted by atomic mass is 9.94. The summed E-state index contributed by atoms with van der Waals surface area (Å²) in [5.74, 6) is 0.735. The number of hydrogen-bond acceptors (Lipinski definition) is 4. The van der Waals surface area contributed by atoms with Crippen molar-refractivity contribution in [3.63, 3.8) is 0 Å². The van der Waals surface area contributed by atoms with E-state index in [-0.39, 0.29) is 6.09 Å². The van der Waals surface area contributed by atoms with E-state index < -0.39 is 5.60 Å². The van der Waals surface area contributed by atoms with E-state index in [0.717, 1.165) is 25.3 Å². The van der Waals surface area contributed by atoms with Gasteiger partial charge in [-0.25, -0.2) is 4.79 Å². The maximum atomic E-state index is 11.6. The molecule has 0 aromatic rings. The molecular formula is C18H34N2O3. The molecule has 1 amide bonds. The van der Waals surface area contributed by atoms with Crippen molar-refractivity contribution < 1.29 is 14.3 Å². The van der Waals surface area contributed by atoms with Crippen LogP contribution < -0.4 is 10.6 Å². The molecule has 0 aromatic heterocycles. The molecule has 0 radical (unpaired) electrons. The number of carbonyl (C=O) groups excluding carboxylic acids is 1. The molecular weight excluding hydrogens is 292 g/mol. The Balaban J connectivity index is 2.17. The lowest BCUT2D eigenvalue weighted by Gasteiger charge is -2.23. The summed E-state index contributed by atoms with van der Waals surface area (Å²) in [5, 5.41) is 6.42. The molecule has 23 heavy (non-hydrogen) atoms. The van der Waals surface area contributed by atoms with Gasteiger partial charge in [0.05, 0.1) is 6.61 Å². The van der Waals surface area contributed by atoms with Crippen LogP contribution >= 0.6 is 0 Å². The molecule has 0 heterocycles. The quantitative estimate of drug-likeness (QED) is 0.504. The molecule has 0 saturated heterocycles. The van der Waals surface area contributed by atoms with Crippen LogP contribution in [-0.2, 0) is 9.47 Å². The molecule has 0 spiro atoms. The molecule has 2 N–H and O–H groups in total. The van der Waals surface area contributed by atoms with E-state index in [2.05, 4.69) is 22.8 Å². The minimum absolute atomic E-state index is 0.339. The Kier molecular flexibility index (Phi) is 9.26. The van der Waals surface area contributed by atoms with Crippen molar-refractivity contribution in [2.75, 3.05) is 26.8 Å². The molecule has 0 aliphatic heterocycles. The molecule has 0 bridgehead atoms. The molecule has 0 aromatic carbocycles. The smallest absolute Gasteiger partial charge is 0.407 e. The van der Waals surface area contributed by atoms with Gasteiger partial charge in [0.2, 0.25) is 0 Å². The average Bonchev–Trinajstić information content (AvgIpc) is 2.48. The van der Waals surface area contributed by atoms with Crippen LogP contribution in [0.4, 0.5) is 4.79 Å². The normalized spacial score (nSPS) is 19.4. The second kappa shape index (κ2) is 10.7. The van der Waals surface area contributed by atoms with Gasteiger partial charge in [-0.2, -0.15) is 0 Å². The van der Waals surface area contributed by atoms with Crippen molar-refractivity contribution in [3.05, 3.63) is 12.2 Å². The molecule has 0 fully saturated rings. The van der Waals surface area contributed by atoms with Gasteiger partial charge in [-0.3, -0.25) is 0 Å². The zero-order valence-corrected chi connectivity index (χ0v) is 15.2. The Labute approximate surface area is 141 Å². The molecule has 134 valence electrons. The van der Waals surface area contributed by atoms with E-state index in [1.54, 1.807) is 7.11 Å². The van der Waals surface area contributed by atoms with Crippen molar-refractivity contribution in [1.29, 1.82) is 0 Å². The van der Waals surface area contributed by atoms with E-state index in [9.17, 15) is 4.79 Å². The number of methoxy groups -OCH3 is 1. The van der Waals surface area contributed by atoms with Gasteiger partial charge in [-0.05, 0) is 65.3 Å². The zero-order valence-electron chi connectivity index (χ0n) is 15.2. The predicted molar refractivity (Wildman–Crippen MR) is 93.6 cm³/mol. The standard InChI is InChI=1S/C18H34N2O3/c1-18(2,3)23-17(21)19-12-8-11-16(14-22-4)20-13-15-9-6-5-7-10-15/h5-6,15-16,20H,7-14H2,1-4H3,(H,19,21). The minimum Gasteiger partial charge on any atom is -0.444 e. The summed E-state index contributed by atoms with van der Waals surface area (Å²) in [6.45, 7) is 7.97. The fourth-order valence-corrected chi connectivity index (χ4v) is 2.67. The van der Waals surface area contributed by atoms with Crippen LogP contribution in [0.25, 0.3) is 0 Å². The van der Waals surface area contributed by atoms with Crippen LogP contribution in [0.5, 0.6) is 0 Å². The van der Waals surface area contributed by atoms with Crippen LogP contribution in [0.3, 0.4) is 0 Å². The van der Waals surface area contributed by atoms with Crippen molar-refractivity contribution in [1.82, 2.24) is 10.6 Å². The number of allylic oxidation sites excluding steroid dienone is 2. The van der Waals surface area contributed by atoms with Gasteiger partial charge in [0.25, 0.3) is 0 Å². The van der Waals surface area contributed by atoms with Crippen LogP contribution in [0.2, 0.25) is 0 Å². The van der Waals surface area contributed by atoms with Crippen molar-refractivity contribution in [2.45, 2.75) is 64.5 Å². The Morgan fingerprint density at radius 1 is 1.35 bits per heavy atom. The number of ether oxygens (including phenoxy) is 2. The van der Waals surface area contributed by atoms with E-state index in [0.29, 0.717) is 19.2 Å². The lowest BCUT2D eigenvalue weighted by Crippen LogP contribution is -2.38. The third-order valence-electron chi connectivity index (χ3n) is 3.84. The molecule has 2 atom stereocenters. The maximum absolute atomic E-state index is 11.6. The van der Waals surface area contributed by atoms with E-state index in [1.165, 1.54) is 19.3 Å². The van der Waals surface area contributed by atoms with E-state index in [4.69, 9.17) is 9.47 Å². The molecule has 5 nitrogen and oxygen atoms in total. The Morgan fingerprint density at radius 2 is 2.13 bits per heavy atom. The summed E-state index contributed by atoms with van der Waals surface area (Å²) >= 11 is 0.